The molecule has 2 amide bonds. The second kappa shape index (κ2) is 9.71. The van der Waals surface area contributed by atoms with Gasteiger partial charge in [-0.3, -0.25) is 9.59 Å². The number of benzene rings is 3. The second-order valence-electron chi connectivity index (χ2n) is 7.32. The first-order valence-electron chi connectivity index (χ1n) is 10.2. The van der Waals surface area contributed by atoms with Gasteiger partial charge in [-0.15, -0.1) is 0 Å². The number of ether oxygens (including phenoxy) is 2. The summed E-state index contributed by atoms with van der Waals surface area (Å²) in [6.07, 6.45) is 1.68. The van der Waals surface area contributed by atoms with Gasteiger partial charge in [0.25, 0.3) is 11.8 Å². The highest BCUT2D eigenvalue weighted by Gasteiger charge is 2.32. The molecule has 6 nitrogen and oxygen atoms in total. The fourth-order valence-electron chi connectivity index (χ4n) is 3.36. The summed E-state index contributed by atoms with van der Waals surface area (Å²) in [4.78, 5) is 25.6. The minimum atomic E-state index is -0.473. The van der Waals surface area contributed by atoms with Crippen molar-refractivity contribution in [1.29, 1.82) is 0 Å². The number of carbonyl (C=O) groups is 2. The number of halogens is 1. The molecule has 1 aliphatic heterocycles. The van der Waals surface area contributed by atoms with Crippen LogP contribution in [0.1, 0.15) is 28.4 Å². The van der Waals surface area contributed by atoms with Gasteiger partial charge in [0.2, 0.25) is 0 Å². The van der Waals surface area contributed by atoms with Crippen LogP contribution in [-0.4, -0.2) is 29.6 Å². The van der Waals surface area contributed by atoms with E-state index in [1.54, 1.807) is 74.7 Å². The number of nitrogens with zero attached hydrogens (tertiary/aromatic N) is 2. The summed E-state index contributed by atoms with van der Waals surface area (Å²) in [5.74, 6) is 0.112. The SMILES string of the molecule is COc1cc(/C=C2/C(=O)N(C(=O)c3ccccc3)N=C2C)ccc1OCc1ccccc1Cl. The van der Waals surface area contributed by atoms with E-state index in [1.165, 1.54) is 0 Å². The first kappa shape index (κ1) is 22.3. The average molecular weight is 461 g/mol. The summed E-state index contributed by atoms with van der Waals surface area (Å²) in [6, 6.07) is 21.4. The normalized spacial score (nSPS) is 14.4. The summed E-state index contributed by atoms with van der Waals surface area (Å²) in [5.41, 5.74) is 2.77. The summed E-state index contributed by atoms with van der Waals surface area (Å²) in [6.45, 7) is 1.98. The van der Waals surface area contributed by atoms with Crippen LogP contribution in [0.5, 0.6) is 11.5 Å². The Kier molecular flexibility index (Phi) is 6.56. The van der Waals surface area contributed by atoms with Gasteiger partial charge in [0.05, 0.1) is 18.4 Å². The lowest BCUT2D eigenvalue weighted by molar-refractivity contribution is -0.123. The number of methoxy groups -OCH3 is 1. The molecule has 0 saturated carbocycles. The Morgan fingerprint density at radius 3 is 2.48 bits per heavy atom. The molecule has 3 aromatic rings. The van der Waals surface area contributed by atoms with E-state index in [2.05, 4.69) is 5.10 Å². The largest absolute Gasteiger partial charge is 0.493 e. The quantitative estimate of drug-likeness (QED) is 0.366. The Labute approximate surface area is 196 Å². The van der Waals surface area contributed by atoms with Crippen molar-refractivity contribution in [2.24, 2.45) is 5.10 Å². The lowest BCUT2D eigenvalue weighted by Crippen LogP contribution is -2.29. The predicted octanol–water partition coefficient (Wildman–Crippen LogP) is 5.37. The molecule has 0 N–H and O–H groups in total. The molecule has 1 heterocycles. The van der Waals surface area contributed by atoms with Gasteiger partial charge in [-0.2, -0.15) is 10.1 Å². The van der Waals surface area contributed by atoms with E-state index >= 15 is 0 Å². The maximum atomic E-state index is 12.9. The minimum Gasteiger partial charge on any atom is -0.493 e. The van der Waals surface area contributed by atoms with Crippen molar-refractivity contribution in [2.45, 2.75) is 13.5 Å². The van der Waals surface area contributed by atoms with Crippen molar-refractivity contribution in [3.63, 3.8) is 0 Å². The van der Waals surface area contributed by atoms with Gasteiger partial charge >= 0.3 is 0 Å². The first-order chi connectivity index (χ1) is 16.0. The van der Waals surface area contributed by atoms with E-state index in [1.807, 2.05) is 18.2 Å². The van der Waals surface area contributed by atoms with E-state index in [4.69, 9.17) is 21.1 Å². The molecule has 0 bridgehead atoms. The molecule has 33 heavy (non-hydrogen) atoms. The summed E-state index contributed by atoms with van der Waals surface area (Å²) in [5, 5.41) is 5.69. The van der Waals surface area contributed by atoms with Crippen LogP contribution in [0.2, 0.25) is 5.02 Å². The van der Waals surface area contributed by atoms with E-state index in [0.29, 0.717) is 38.9 Å². The number of carbonyl (C=O) groups excluding carboxylic acids is 2. The molecule has 0 aliphatic carbocycles. The zero-order valence-corrected chi connectivity index (χ0v) is 18.9. The van der Waals surface area contributed by atoms with Gasteiger partial charge in [-0.25, -0.2) is 0 Å². The summed E-state index contributed by atoms with van der Waals surface area (Å²) >= 11 is 6.19. The van der Waals surface area contributed by atoms with Gasteiger partial charge in [0.15, 0.2) is 11.5 Å². The summed E-state index contributed by atoms with van der Waals surface area (Å²) < 4.78 is 11.4. The average Bonchev–Trinajstić information content (AvgIpc) is 3.12. The summed E-state index contributed by atoms with van der Waals surface area (Å²) in [7, 11) is 1.54. The Balaban J connectivity index is 1.54. The van der Waals surface area contributed by atoms with Gasteiger partial charge in [0.1, 0.15) is 6.61 Å². The minimum absolute atomic E-state index is 0.289. The molecule has 0 spiro atoms. The third-order valence-corrected chi connectivity index (χ3v) is 5.48. The van der Waals surface area contributed by atoms with E-state index in [-0.39, 0.29) is 6.61 Å². The third-order valence-electron chi connectivity index (χ3n) is 5.12. The van der Waals surface area contributed by atoms with Crippen LogP contribution < -0.4 is 9.47 Å². The predicted molar refractivity (Wildman–Crippen MR) is 127 cm³/mol. The second-order valence-corrected chi connectivity index (χ2v) is 7.73. The number of imide groups is 1. The van der Waals surface area contributed by atoms with Crippen LogP contribution in [0.15, 0.2) is 83.5 Å². The van der Waals surface area contributed by atoms with Crippen LogP contribution in [0.3, 0.4) is 0 Å². The first-order valence-corrected chi connectivity index (χ1v) is 10.6. The maximum Gasteiger partial charge on any atom is 0.283 e. The lowest BCUT2D eigenvalue weighted by atomic mass is 10.1. The van der Waals surface area contributed by atoms with Crippen LogP contribution in [0, 0.1) is 0 Å². The molecule has 0 atom stereocenters. The van der Waals surface area contributed by atoms with Gasteiger partial charge in [-0.1, -0.05) is 54.1 Å². The molecule has 4 rings (SSSR count). The third kappa shape index (κ3) is 4.81. The number of rotatable bonds is 6. The van der Waals surface area contributed by atoms with Crippen molar-refractivity contribution < 1.29 is 19.1 Å². The van der Waals surface area contributed by atoms with Crippen LogP contribution >= 0.6 is 11.6 Å². The fourth-order valence-corrected chi connectivity index (χ4v) is 3.55. The van der Waals surface area contributed by atoms with Crippen LogP contribution in [0.4, 0.5) is 0 Å². The molecular formula is C26H21ClN2O4. The van der Waals surface area contributed by atoms with Crippen molar-refractivity contribution in [2.75, 3.05) is 7.11 Å². The van der Waals surface area contributed by atoms with Gasteiger partial charge < -0.3 is 9.47 Å². The number of amides is 2. The number of hydrogen-bond acceptors (Lipinski definition) is 5. The molecular weight excluding hydrogens is 440 g/mol. The van der Waals surface area contributed by atoms with E-state index in [9.17, 15) is 9.59 Å². The topological polar surface area (TPSA) is 68.2 Å². The highest BCUT2D eigenvalue weighted by atomic mass is 35.5. The smallest absolute Gasteiger partial charge is 0.283 e. The molecule has 7 heteroatoms. The highest BCUT2D eigenvalue weighted by Crippen LogP contribution is 2.31. The zero-order valence-electron chi connectivity index (χ0n) is 18.1. The number of hydrogen-bond donors (Lipinski definition) is 0. The molecule has 0 radical (unpaired) electrons. The Morgan fingerprint density at radius 1 is 1.03 bits per heavy atom. The van der Waals surface area contributed by atoms with Crippen molar-refractivity contribution in [3.05, 3.63) is 100 Å². The Morgan fingerprint density at radius 2 is 1.76 bits per heavy atom. The molecule has 166 valence electrons. The van der Waals surface area contributed by atoms with E-state index < -0.39 is 11.8 Å². The molecule has 0 unspecified atom stereocenters. The molecule has 1 aliphatic rings. The van der Waals surface area contributed by atoms with Gasteiger partial charge in [-0.05, 0) is 48.9 Å². The van der Waals surface area contributed by atoms with Crippen molar-refractivity contribution in [1.82, 2.24) is 5.01 Å². The standard InChI is InChI=1S/C26H21ClN2O4/c1-17-21(26(31)29(28-17)25(30)19-8-4-3-5-9-19)14-18-12-13-23(24(15-18)32-2)33-16-20-10-6-7-11-22(20)27/h3-15H,16H2,1-2H3/b21-14+. The maximum absolute atomic E-state index is 12.9. The molecule has 0 fully saturated rings. The van der Waals surface area contributed by atoms with Crippen molar-refractivity contribution >= 4 is 35.2 Å². The lowest BCUT2D eigenvalue weighted by Gasteiger charge is -2.12. The molecule has 0 saturated heterocycles. The van der Waals surface area contributed by atoms with Crippen LogP contribution in [0.25, 0.3) is 6.08 Å². The highest BCUT2D eigenvalue weighted by molar-refractivity contribution is 6.31. The van der Waals surface area contributed by atoms with Gasteiger partial charge in [0, 0.05) is 16.1 Å². The Hall–Kier alpha value is -3.90. The molecule has 3 aromatic carbocycles. The fraction of sp³-hybridized carbons (Fsp3) is 0.115. The Bertz CT molecular complexity index is 1270. The monoisotopic (exact) mass is 460 g/mol. The van der Waals surface area contributed by atoms with Crippen molar-refractivity contribution in [3.8, 4) is 11.5 Å². The number of hydrazone groups is 1. The van der Waals surface area contributed by atoms with Crippen LogP contribution in [-0.2, 0) is 11.4 Å². The zero-order chi connectivity index (χ0) is 23.4. The molecule has 0 aromatic heterocycles. The van der Waals surface area contributed by atoms with E-state index in [0.717, 1.165) is 10.6 Å².